The summed E-state index contributed by atoms with van der Waals surface area (Å²) in [5, 5.41) is 0. The molecule has 0 aliphatic rings. The number of rotatable bonds is 2. The molecule has 1 aromatic carbocycles. The third kappa shape index (κ3) is 2.15. The van der Waals surface area contributed by atoms with Gasteiger partial charge in [0.05, 0.1) is 0 Å². The highest BCUT2D eigenvalue weighted by Gasteiger charge is 2.02. The van der Waals surface area contributed by atoms with Crippen LogP contribution in [0, 0.1) is 0 Å². The SMILES string of the molecule is C[C@H](C=O)c1cccc(Br)c1. The van der Waals surface area contributed by atoms with Crippen LogP contribution < -0.4 is 0 Å². The fraction of sp³-hybridized carbons (Fsp3) is 0.222. The van der Waals surface area contributed by atoms with E-state index >= 15 is 0 Å². The summed E-state index contributed by atoms with van der Waals surface area (Å²) in [4.78, 5) is 10.4. The van der Waals surface area contributed by atoms with E-state index in [0.717, 1.165) is 16.3 Å². The Morgan fingerprint density at radius 2 is 2.27 bits per heavy atom. The molecule has 0 fully saturated rings. The van der Waals surface area contributed by atoms with Crippen LogP contribution in [0.2, 0.25) is 0 Å². The Morgan fingerprint density at radius 1 is 1.55 bits per heavy atom. The number of hydrogen-bond donors (Lipinski definition) is 0. The van der Waals surface area contributed by atoms with Gasteiger partial charge in [0.15, 0.2) is 0 Å². The molecule has 0 unspecified atom stereocenters. The third-order valence-corrected chi connectivity index (χ3v) is 2.07. The molecule has 0 aliphatic heterocycles. The van der Waals surface area contributed by atoms with Crippen LogP contribution in [-0.2, 0) is 4.79 Å². The van der Waals surface area contributed by atoms with Crippen molar-refractivity contribution in [2.24, 2.45) is 0 Å². The molecule has 0 amide bonds. The van der Waals surface area contributed by atoms with Crippen LogP contribution in [0.15, 0.2) is 28.7 Å². The van der Waals surface area contributed by atoms with Crippen molar-refractivity contribution in [2.45, 2.75) is 12.8 Å². The quantitative estimate of drug-likeness (QED) is 0.690. The number of benzene rings is 1. The predicted octanol–water partition coefficient (Wildman–Crippen LogP) is 2.75. The monoisotopic (exact) mass is 212 g/mol. The van der Waals surface area contributed by atoms with Gasteiger partial charge in [-0.25, -0.2) is 0 Å². The van der Waals surface area contributed by atoms with Gasteiger partial charge >= 0.3 is 0 Å². The summed E-state index contributed by atoms with van der Waals surface area (Å²) >= 11 is 3.34. The van der Waals surface area contributed by atoms with Crippen molar-refractivity contribution in [1.82, 2.24) is 0 Å². The van der Waals surface area contributed by atoms with Crippen LogP contribution in [0.3, 0.4) is 0 Å². The van der Waals surface area contributed by atoms with Gasteiger partial charge in [0.1, 0.15) is 6.29 Å². The zero-order valence-corrected chi connectivity index (χ0v) is 7.84. The average Bonchev–Trinajstić information content (AvgIpc) is 2.03. The lowest BCUT2D eigenvalue weighted by atomic mass is 10.0. The molecule has 11 heavy (non-hydrogen) atoms. The van der Waals surface area contributed by atoms with Crippen molar-refractivity contribution in [3.8, 4) is 0 Å². The minimum Gasteiger partial charge on any atom is -0.303 e. The third-order valence-electron chi connectivity index (χ3n) is 1.58. The first kappa shape index (κ1) is 8.47. The second kappa shape index (κ2) is 3.67. The normalized spacial score (nSPS) is 12.5. The van der Waals surface area contributed by atoms with Gasteiger partial charge < -0.3 is 4.79 Å². The number of halogens is 1. The van der Waals surface area contributed by atoms with Gasteiger partial charge in [-0.2, -0.15) is 0 Å². The van der Waals surface area contributed by atoms with Crippen LogP contribution >= 0.6 is 15.9 Å². The summed E-state index contributed by atoms with van der Waals surface area (Å²) in [5.41, 5.74) is 1.05. The molecule has 0 saturated carbocycles. The Bertz CT molecular complexity index is 257. The molecule has 1 rings (SSSR count). The molecule has 2 heteroatoms. The first-order valence-electron chi connectivity index (χ1n) is 3.45. The van der Waals surface area contributed by atoms with Gasteiger partial charge in [-0.15, -0.1) is 0 Å². The summed E-state index contributed by atoms with van der Waals surface area (Å²) in [7, 11) is 0. The van der Waals surface area contributed by atoms with E-state index in [1.54, 1.807) is 0 Å². The summed E-state index contributed by atoms with van der Waals surface area (Å²) in [6, 6.07) is 7.78. The molecule has 0 heterocycles. The maximum Gasteiger partial charge on any atom is 0.127 e. The van der Waals surface area contributed by atoms with Crippen LogP contribution in [-0.4, -0.2) is 6.29 Å². The highest BCUT2D eigenvalue weighted by molar-refractivity contribution is 9.10. The molecule has 0 saturated heterocycles. The van der Waals surface area contributed by atoms with E-state index in [2.05, 4.69) is 15.9 Å². The van der Waals surface area contributed by atoms with Crippen LogP contribution in [0.1, 0.15) is 18.4 Å². The minimum atomic E-state index is -0.00694. The lowest BCUT2D eigenvalue weighted by Crippen LogP contribution is -1.92. The Hall–Kier alpha value is -0.630. The summed E-state index contributed by atoms with van der Waals surface area (Å²) in [6.07, 6.45) is 0.946. The van der Waals surface area contributed by atoms with E-state index in [-0.39, 0.29) is 5.92 Å². The lowest BCUT2D eigenvalue weighted by molar-refractivity contribution is -0.108. The molecule has 1 aromatic rings. The number of carbonyl (C=O) groups is 1. The highest BCUT2D eigenvalue weighted by Crippen LogP contribution is 2.17. The van der Waals surface area contributed by atoms with E-state index in [9.17, 15) is 4.79 Å². The zero-order chi connectivity index (χ0) is 8.27. The van der Waals surface area contributed by atoms with Crippen LogP contribution in [0.25, 0.3) is 0 Å². The topological polar surface area (TPSA) is 17.1 Å². The van der Waals surface area contributed by atoms with Crippen molar-refractivity contribution in [3.63, 3.8) is 0 Å². The summed E-state index contributed by atoms with van der Waals surface area (Å²) < 4.78 is 1.02. The minimum absolute atomic E-state index is 0.00694. The predicted molar refractivity (Wildman–Crippen MR) is 48.6 cm³/mol. The van der Waals surface area contributed by atoms with Crippen molar-refractivity contribution in [1.29, 1.82) is 0 Å². The van der Waals surface area contributed by atoms with Gasteiger partial charge in [-0.05, 0) is 17.7 Å². The largest absolute Gasteiger partial charge is 0.303 e. The fourth-order valence-corrected chi connectivity index (χ4v) is 1.29. The van der Waals surface area contributed by atoms with Gasteiger partial charge in [0, 0.05) is 10.4 Å². The van der Waals surface area contributed by atoms with Gasteiger partial charge in [-0.1, -0.05) is 35.0 Å². The Balaban J connectivity index is 2.95. The molecular formula is C9H9BrO. The Labute approximate surface area is 74.6 Å². The Morgan fingerprint density at radius 3 is 2.82 bits per heavy atom. The van der Waals surface area contributed by atoms with E-state index < -0.39 is 0 Å². The molecular weight excluding hydrogens is 204 g/mol. The van der Waals surface area contributed by atoms with Crippen molar-refractivity contribution < 1.29 is 4.79 Å². The smallest absolute Gasteiger partial charge is 0.127 e. The van der Waals surface area contributed by atoms with E-state index in [0.29, 0.717) is 0 Å². The standard InChI is InChI=1S/C9H9BrO/c1-7(6-11)8-3-2-4-9(10)5-8/h2-7H,1H3/t7-/m1/s1. The molecule has 0 N–H and O–H groups in total. The molecule has 0 aliphatic carbocycles. The van der Waals surface area contributed by atoms with Crippen LogP contribution in [0.5, 0.6) is 0 Å². The number of carbonyl (C=O) groups excluding carboxylic acids is 1. The molecule has 0 spiro atoms. The first-order chi connectivity index (χ1) is 5.24. The maximum atomic E-state index is 10.4. The van der Waals surface area contributed by atoms with Gasteiger partial charge in [0.2, 0.25) is 0 Å². The highest BCUT2D eigenvalue weighted by atomic mass is 79.9. The van der Waals surface area contributed by atoms with E-state index in [1.165, 1.54) is 0 Å². The molecule has 0 aromatic heterocycles. The summed E-state index contributed by atoms with van der Waals surface area (Å²) in [5.74, 6) is -0.00694. The fourth-order valence-electron chi connectivity index (χ4n) is 0.868. The van der Waals surface area contributed by atoms with Gasteiger partial charge in [-0.3, -0.25) is 0 Å². The molecule has 1 atom stereocenters. The van der Waals surface area contributed by atoms with Crippen molar-refractivity contribution in [3.05, 3.63) is 34.3 Å². The second-order valence-electron chi connectivity index (χ2n) is 2.48. The maximum absolute atomic E-state index is 10.4. The molecule has 0 bridgehead atoms. The molecule has 1 nitrogen and oxygen atoms in total. The average molecular weight is 213 g/mol. The zero-order valence-electron chi connectivity index (χ0n) is 6.25. The van der Waals surface area contributed by atoms with E-state index in [1.807, 2.05) is 31.2 Å². The number of hydrogen-bond acceptors (Lipinski definition) is 1. The summed E-state index contributed by atoms with van der Waals surface area (Å²) in [6.45, 7) is 1.88. The molecule has 0 radical (unpaired) electrons. The van der Waals surface area contributed by atoms with Gasteiger partial charge in [0.25, 0.3) is 0 Å². The lowest BCUT2D eigenvalue weighted by Gasteiger charge is -2.02. The second-order valence-corrected chi connectivity index (χ2v) is 3.40. The van der Waals surface area contributed by atoms with Crippen molar-refractivity contribution >= 4 is 22.2 Å². The number of aldehydes is 1. The van der Waals surface area contributed by atoms with Crippen molar-refractivity contribution in [2.75, 3.05) is 0 Å². The molecule has 58 valence electrons. The van der Waals surface area contributed by atoms with Crippen LogP contribution in [0.4, 0.5) is 0 Å². The first-order valence-corrected chi connectivity index (χ1v) is 4.24. The van der Waals surface area contributed by atoms with E-state index in [4.69, 9.17) is 0 Å². The Kier molecular flexibility index (Phi) is 2.83.